The van der Waals surface area contributed by atoms with E-state index in [-0.39, 0.29) is 11.7 Å². The van der Waals surface area contributed by atoms with Crippen molar-refractivity contribution in [2.75, 3.05) is 24.3 Å². The number of tetrazole rings is 1. The van der Waals surface area contributed by atoms with Crippen LogP contribution < -0.4 is 14.8 Å². The van der Waals surface area contributed by atoms with Crippen molar-refractivity contribution in [3.05, 3.63) is 47.5 Å². The zero-order chi connectivity index (χ0) is 19.3. The molecule has 28 heavy (non-hydrogen) atoms. The molecule has 1 aromatic heterocycles. The lowest BCUT2D eigenvalue weighted by molar-refractivity contribution is -0.113. The molecule has 0 atom stereocenters. The normalized spacial score (nSPS) is 13.0. The number of carbonyl (C=O) groups is 1. The molecule has 1 aliphatic heterocycles. The van der Waals surface area contributed by atoms with Gasteiger partial charge in [0.1, 0.15) is 0 Å². The molecule has 0 saturated heterocycles. The monoisotopic (exact) mass is 417 g/mol. The van der Waals surface area contributed by atoms with Crippen LogP contribution in [0.3, 0.4) is 0 Å². The summed E-state index contributed by atoms with van der Waals surface area (Å²) in [6.07, 6.45) is 0.828. The first-order valence-electron chi connectivity index (χ1n) is 8.56. The largest absolute Gasteiger partial charge is 0.490 e. The quantitative estimate of drug-likeness (QED) is 0.637. The van der Waals surface area contributed by atoms with Crippen molar-refractivity contribution in [1.82, 2.24) is 20.2 Å². The number of rotatable bonds is 5. The number of fused-ring (bicyclic) bond motifs is 1. The molecule has 8 nitrogen and oxygen atoms in total. The van der Waals surface area contributed by atoms with E-state index in [2.05, 4.69) is 20.8 Å². The van der Waals surface area contributed by atoms with Gasteiger partial charge in [-0.15, -0.1) is 5.10 Å². The topological polar surface area (TPSA) is 91.2 Å². The maximum Gasteiger partial charge on any atom is 0.234 e. The van der Waals surface area contributed by atoms with Gasteiger partial charge in [0, 0.05) is 23.2 Å². The molecule has 3 aromatic rings. The molecular weight excluding hydrogens is 402 g/mol. The SMILES string of the molecule is O=C(CSc1nnnn1-c1cccc(Cl)c1)Nc1ccc2c(c1)OCCCO2. The van der Waals surface area contributed by atoms with Crippen LogP contribution in [-0.2, 0) is 4.79 Å². The fraction of sp³-hybridized carbons (Fsp3) is 0.222. The standard InChI is InChI=1S/C18H16ClN5O3S/c19-12-3-1-4-14(9-12)24-18(21-22-23-24)28-11-17(25)20-13-5-6-15-16(10-13)27-8-2-7-26-15/h1,3-6,9-10H,2,7-8,11H2,(H,20,25). The second kappa shape index (κ2) is 8.49. The number of halogens is 1. The number of ether oxygens (including phenoxy) is 2. The lowest BCUT2D eigenvalue weighted by atomic mass is 10.2. The van der Waals surface area contributed by atoms with Crippen LogP contribution in [0, 0.1) is 0 Å². The van der Waals surface area contributed by atoms with Gasteiger partial charge in [-0.3, -0.25) is 4.79 Å². The minimum absolute atomic E-state index is 0.148. The molecule has 4 rings (SSSR count). The van der Waals surface area contributed by atoms with Gasteiger partial charge in [-0.1, -0.05) is 29.4 Å². The zero-order valence-electron chi connectivity index (χ0n) is 14.7. The molecule has 1 aliphatic rings. The van der Waals surface area contributed by atoms with Crippen LogP contribution in [0.4, 0.5) is 5.69 Å². The first kappa shape index (κ1) is 18.6. The van der Waals surface area contributed by atoms with Crippen LogP contribution in [0.2, 0.25) is 5.02 Å². The average Bonchev–Trinajstić information content (AvgIpc) is 3.04. The van der Waals surface area contributed by atoms with E-state index >= 15 is 0 Å². The molecular formula is C18H16ClN5O3S. The summed E-state index contributed by atoms with van der Waals surface area (Å²) in [6.45, 7) is 1.21. The lowest BCUT2D eigenvalue weighted by Crippen LogP contribution is -2.14. The minimum atomic E-state index is -0.180. The molecule has 0 aliphatic carbocycles. The highest BCUT2D eigenvalue weighted by molar-refractivity contribution is 7.99. The van der Waals surface area contributed by atoms with Gasteiger partial charge in [0.05, 0.1) is 24.7 Å². The summed E-state index contributed by atoms with van der Waals surface area (Å²) >= 11 is 7.25. The highest BCUT2D eigenvalue weighted by Crippen LogP contribution is 2.32. The molecule has 0 bridgehead atoms. The molecule has 144 valence electrons. The van der Waals surface area contributed by atoms with E-state index < -0.39 is 0 Å². The van der Waals surface area contributed by atoms with Crippen LogP contribution in [0.1, 0.15) is 6.42 Å². The Balaban J connectivity index is 1.39. The Morgan fingerprint density at radius 2 is 2.04 bits per heavy atom. The molecule has 2 aromatic carbocycles. The predicted octanol–water partition coefficient (Wildman–Crippen LogP) is 3.21. The van der Waals surface area contributed by atoms with Crippen molar-refractivity contribution in [3.8, 4) is 17.2 Å². The molecule has 0 unspecified atom stereocenters. The van der Waals surface area contributed by atoms with Crippen molar-refractivity contribution in [2.24, 2.45) is 0 Å². The van der Waals surface area contributed by atoms with E-state index in [0.717, 1.165) is 12.1 Å². The van der Waals surface area contributed by atoms with Gasteiger partial charge in [0.15, 0.2) is 11.5 Å². The number of carbonyl (C=O) groups excluding carboxylic acids is 1. The van der Waals surface area contributed by atoms with E-state index in [1.807, 2.05) is 12.1 Å². The molecule has 10 heteroatoms. The van der Waals surface area contributed by atoms with Gasteiger partial charge >= 0.3 is 0 Å². The van der Waals surface area contributed by atoms with Crippen LogP contribution in [0.5, 0.6) is 11.5 Å². The maximum absolute atomic E-state index is 12.3. The van der Waals surface area contributed by atoms with Gasteiger partial charge in [0.2, 0.25) is 11.1 Å². The second-order valence-electron chi connectivity index (χ2n) is 5.90. The molecule has 1 N–H and O–H groups in total. The second-order valence-corrected chi connectivity index (χ2v) is 7.28. The van der Waals surface area contributed by atoms with Gasteiger partial charge in [-0.05, 0) is 40.8 Å². The zero-order valence-corrected chi connectivity index (χ0v) is 16.2. The van der Waals surface area contributed by atoms with Crippen molar-refractivity contribution in [2.45, 2.75) is 11.6 Å². The number of thioether (sulfide) groups is 1. The summed E-state index contributed by atoms with van der Waals surface area (Å²) in [7, 11) is 0. The number of benzene rings is 2. The van der Waals surface area contributed by atoms with Crippen LogP contribution in [0.25, 0.3) is 5.69 Å². The third-order valence-corrected chi connectivity index (χ3v) is 5.01. The molecule has 0 saturated carbocycles. The smallest absolute Gasteiger partial charge is 0.234 e. The number of hydrogen-bond donors (Lipinski definition) is 1. The van der Waals surface area contributed by atoms with Crippen LogP contribution in [0.15, 0.2) is 47.6 Å². The number of aromatic nitrogens is 4. The Morgan fingerprint density at radius 1 is 1.18 bits per heavy atom. The summed E-state index contributed by atoms with van der Waals surface area (Å²) in [5.74, 6) is 1.29. The van der Waals surface area contributed by atoms with Crippen molar-refractivity contribution < 1.29 is 14.3 Å². The summed E-state index contributed by atoms with van der Waals surface area (Å²) in [4.78, 5) is 12.3. The molecule has 1 amide bonds. The van der Waals surface area contributed by atoms with E-state index in [9.17, 15) is 4.79 Å². The summed E-state index contributed by atoms with van der Waals surface area (Å²) in [6, 6.07) is 12.5. The number of hydrogen-bond acceptors (Lipinski definition) is 7. The van der Waals surface area contributed by atoms with Gasteiger partial charge in [-0.25, -0.2) is 0 Å². The average molecular weight is 418 g/mol. The van der Waals surface area contributed by atoms with E-state index in [4.69, 9.17) is 21.1 Å². The fourth-order valence-electron chi connectivity index (χ4n) is 2.61. The molecule has 0 fully saturated rings. The Kier molecular flexibility index (Phi) is 5.63. The predicted molar refractivity (Wildman–Crippen MR) is 106 cm³/mol. The summed E-state index contributed by atoms with van der Waals surface area (Å²) < 4.78 is 12.8. The van der Waals surface area contributed by atoms with Crippen molar-refractivity contribution in [1.29, 1.82) is 0 Å². The number of anilines is 1. The van der Waals surface area contributed by atoms with Crippen LogP contribution in [-0.4, -0.2) is 45.1 Å². The molecule has 2 heterocycles. The molecule has 0 spiro atoms. The van der Waals surface area contributed by atoms with E-state index in [0.29, 0.717) is 40.6 Å². The minimum Gasteiger partial charge on any atom is -0.490 e. The molecule has 0 radical (unpaired) electrons. The van der Waals surface area contributed by atoms with Crippen molar-refractivity contribution in [3.63, 3.8) is 0 Å². The lowest BCUT2D eigenvalue weighted by Gasteiger charge is -2.10. The van der Waals surface area contributed by atoms with Gasteiger partial charge in [0.25, 0.3) is 0 Å². The third kappa shape index (κ3) is 4.37. The summed E-state index contributed by atoms with van der Waals surface area (Å²) in [5, 5.41) is 15.5. The number of nitrogens with one attached hydrogen (secondary N) is 1. The summed E-state index contributed by atoms with van der Waals surface area (Å²) in [5.41, 5.74) is 1.37. The first-order valence-corrected chi connectivity index (χ1v) is 9.92. The van der Waals surface area contributed by atoms with Crippen molar-refractivity contribution >= 4 is 35.0 Å². The van der Waals surface area contributed by atoms with Crippen LogP contribution >= 0.6 is 23.4 Å². The third-order valence-electron chi connectivity index (χ3n) is 3.86. The number of amides is 1. The van der Waals surface area contributed by atoms with Gasteiger partial charge < -0.3 is 14.8 Å². The maximum atomic E-state index is 12.3. The highest BCUT2D eigenvalue weighted by Gasteiger charge is 2.14. The Morgan fingerprint density at radius 3 is 2.89 bits per heavy atom. The van der Waals surface area contributed by atoms with Gasteiger partial charge in [-0.2, -0.15) is 4.68 Å². The Labute approximate surface area is 170 Å². The highest BCUT2D eigenvalue weighted by atomic mass is 35.5. The Bertz CT molecular complexity index is 997. The number of nitrogens with zero attached hydrogens (tertiary/aromatic N) is 4. The van der Waals surface area contributed by atoms with E-state index in [1.54, 1.807) is 30.3 Å². The first-order chi connectivity index (χ1) is 13.7. The fourth-order valence-corrected chi connectivity index (χ4v) is 3.48. The van der Waals surface area contributed by atoms with E-state index in [1.165, 1.54) is 16.4 Å². The Hall–Kier alpha value is -2.78.